The average molecular weight is 255 g/mol. The minimum Gasteiger partial charge on any atom is -0.381 e. The van der Waals surface area contributed by atoms with Gasteiger partial charge in [0.05, 0.1) is 12.6 Å². The van der Waals surface area contributed by atoms with Gasteiger partial charge in [-0.05, 0) is 19.8 Å². The lowest BCUT2D eigenvalue weighted by Crippen LogP contribution is -2.56. The Morgan fingerprint density at radius 1 is 1.50 bits per heavy atom. The van der Waals surface area contributed by atoms with Crippen molar-refractivity contribution in [1.82, 2.24) is 15.5 Å². The van der Waals surface area contributed by atoms with Gasteiger partial charge in [0, 0.05) is 32.3 Å². The van der Waals surface area contributed by atoms with Gasteiger partial charge < -0.3 is 20.3 Å². The Hall–Kier alpha value is -1.14. The van der Waals surface area contributed by atoms with Gasteiger partial charge in [-0.2, -0.15) is 0 Å². The molecule has 0 aromatic rings. The zero-order valence-corrected chi connectivity index (χ0v) is 10.8. The van der Waals surface area contributed by atoms with E-state index in [2.05, 4.69) is 10.6 Å². The maximum Gasteiger partial charge on any atom is 0.239 e. The third-order valence-corrected chi connectivity index (χ3v) is 3.44. The molecular weight excluding hydrogens is 234 g/mol. The smallest absolute Gasteiger partial charge is 0.239 e. The number of carbonyl (C=O) groups excluding carboxylic acids is 2. The largest absolute Gasteiger partial charge is 0.381 e. The summed E-state index contributed by atoms with van der Waals surface area (Å²) >= 11 is 0. The topological polar surface area (TPSA) is 70.7 Å². The standard InChI is InChI=1S/C12H21N3O3/c1-9-12(17)15(5-4-13-9)8-11(16)14-10-2-6-18-7-3-10/h9-10,13H,2-8H2,1H3,(H,14,16). The lowest BCUT2D eigenvalue weighted by atomic mass is 10.1. The Kier molecular flexibility index (Phi) is 4.54. The van der Waals surface area contributed by atoms with Crippen LogP contribution in [0.1, 0.15) is 19.8 Å². The predicted molar refractivity (Wildman–Crippen MR) is 66.0 cm³/mol. The van der Waals surface area contributed by atoms with E-state index in [9.17, 15) is 9.59 Å². The molecule has 6 heteroatoms. The molecule has 2 aliphatic rings. The van der Waals surface area contributed by atoms with E-state index in [-0.39, 0.29) is 30.4 Å². The molecule has 18 heavy (non-hydrogen) atoms. The summed E-state index contributed by atoms with van der Waals surface area (Å²) in [5.41, 5.74) is 0. The summed E-state index contributed by atoms with van der Waals surface area (Å²) in [5.74, 6) is -0.0623. The van der Waals surface area contributed by atoms with Crippen LogP contribution in [-0.2, 0) is 14.3 Å². The molecule has 2 saturated heterocycles. The zero-order valence-electron chi connectivity index (χ0n) is 10.8. The van der Waals surface area contributed by atoms with Crippen LogP contribution in [0, 0.1) is 0 Å². The summed E-state index contributed by atoms with van der Waals surface area (Å²) in [5, 5.41) is 6.05. The predicted octanol–water partition coefficient (Wildman–Crippen LogP) is -0.898. The van der Waals surface area contributed by atoms with Gasteiger partial charge in [-0.1, -0.05) is 0 Å². The number of rotatable bonds is 3. The fraction of sp³-hybridized carbons (Fsp3) is 0.833. The van der Waals surface area contributed by atoms with Crippen LogP contribution in [0.15, 0.2) is 0 Å². The third-order valence-electron chi connectivity index (χ3n) is 3.44. The maximum atomic E-state index is 11.9. The lowest BCUT2D eigenvalue weighted by Gasteiger charge is -2.31. The molecule has 0 bridgehead atoms. The Morgan fingerprint density at radius 2 is 2.22 bits per heavy atom. The van der Waals surface area contributed by atoms with E-state index in [0.717, 1.165) is 19.4 Å². The molecule has 0 saturated carbocycles. The first kappa shape index (κ1) is 13.3. The van der Waals surface area contributed by atoms with Crippen LogP contribution >= 0.6 is 0 Å². The molecule has 102 valence electrons. The average Bonchev–Trinajstić information content (AvgIpc) is 2.36. The normalized spacial score (nSPS) is 26.2. The Labute approximate surface area is 107 Å². The Bertz CT molecular complexity index is 316. The molecule has 2 amide bonds. The van der Waals surface area contributed by atoms with Crippen molar-refractivity contribution in [3.63, 3.8) is 0 Å². The third kappa shape index (κ3) is 3.43. The fourth-order valence-corrected chi connectivity index (χ4v) is 2.33. The summed E-state index contributed by atoms with van der Waals surface area (Å²) in [7, 11) is 0. The summed E-state index contributed by atoms with van der Waals surface area (Å²) < 4.78 is 5.24. The van der Waals surface area contributed by atoms with Crippen LogP contribution in [0.4, 0.5) is 0 Å². The number of nitrogens with one attached hydrogen (secondary N) is 2. The van der Waals surface area contributed by atoms with Gasteiger partial charge in [0.1, 0.15) is 0 Å². The van der Waals surface area contributed by atoms with Gasteiger partial charge in [0.25, 0.3) is 0 Å². The summed E-state index contributed by atoms with van der Waals surface area (Å²) in [4.78, 5) is 25.3. The van der Waals surface area contributed by atoms with E-state index < -0.39 is 0 Å². The quantitative estimate of drug-likeness (QED) is 0.686. The maximum absolute atomic E-state index is 11.9. The van der Waals surface area contributed by atoms with Crippen molar-refractivity contribution in [2.75, 3.05) is 32.8 Å². The number of hydrogen-bond acceptors (Lipinski definition) is 4. The van der Waals surface area contributed by atoms with E-state index in [1.54, 1.807) is 4.90 Å². The first-order chi connectivity index (χ1) is 8.66. The molecular formula is C12H21N3O3. The molecule has 2 rings (SSSR count). The SMILES string of the molecule is CC1NCCN(CC(=O)NC2CCOCC2)C1=O. The second kappa shape index (κ2) is 6.15. The second-order valence-electron chi connectivity index (χ2n) is 4.89. The number of hydrogen-bond donors (Lipinski definition) is 2. The van der Waals surface area contributed by atoms with Crippen molar-refractivity contribution in [3.8, 4) is 0 Å². The van der Waals surface area contributed by atoms with E-state index in [0.29, 0.717) is 19.8 Å². The van der Waals surface area contributed by atoms with E-state index in [1.165, 1.54) is 0 Å². The monoisotopic (exact) mass is 255 g/mol. The van der Waals surface area contributed by atoms with Crippen molar-refractivity contribution < 1.29 is 14.3 Å². The first-order valence-electron chi connectivity index (χ1n) is 6.56. The van der Waals surface area contributed by atoms with Crippen LogP contribution < -0.4 is 10.6 Å². The number of ether oxygens (including phenoxy) is 1. The highest BCUT2D eigenvalue weighted by Crippen LogP contribution is 2.06. The fourth-order valence-electron chi connectivity index (χ4n) is 2.33. The second-order valence-corrected chi connectivity index (χ2v) is 4.89. The Balaban J connectivity index is 1.77. The van der Waals surface area contributed by atoms with Crippen LogP contribution in [0.5, 0.6) is 0 Å². The van der Waals surface area contributed by atoms with Gasteiger partial charge >= 0.3 is 0 Å². The highest BCUT2D eigenvalue weighted by atomic mass is 16.5. The minimum absolute atomic E-state index is 0.00313. The number of carbonyl (C=O) groups is 2. The number of nitrogens with zero attached hydrogens (tertiary/aromatic N) is 1. The summed E-state index contributed by atoms with van der Waals surface area (Å²) in [6.07, 6.45) is 1.72. The van der Waals surface area contributed by atoms with E-state index in [4.69, 9.17) is 4.74 Å². The molecule has 0 aliphatic carbocycles. The molecule has 1 unspecified atom stereocenters. The van der Waals surface area contributed by atoms with Crippen LogP contribution in [-0.4, -0.2) is 61.6 Å². The minimum atomic E-state index is -0.186. The highest BCUT2D eigenvalue weighted by Gasteiger charge is 2.26. The van der Waals surface area contributed by atoms with Crippen molar-refractivity contribution in [1.29, 1.82) is 0 Å². The van der Waals surface area contributed by atoms with Gasteiger partial charge in [0.15, 0.2) is 0 Å². The molecule has 0 aromatic carbocycles. The number of piperazine rings is 1. The molecule has 6 nitrogen and oxygen atoms in total. The van der Waals surface area contributed by atoms with Crippen molar-refractivity contribution in [2.24, 2.45) is 0 Å². The summed E-state index contributed by atoms with van der Waals surface area (Å²) in [6, 6.07) is 0.0105. The first-order valence-corrected chi connectivity index (χ1v) is 6.56. The Morgan fingerprint density at radius 3 is 2.94 bits per heavy atom. The lowest BCUT2D eigenvalue weighted by molar-refractivity contribution is -0.139. The van der Waals surface area contributed by atoms with Gasteiger partial charge in [0.2, 0.25) is 11.8 Å². The zero-order chi connectivity index (χ0) is 13.0. The molecule has 0 aromatic heterocycles. The van der Waals surface area contributed by atoms with Crippen molar-refractivity contribution in [2.45, 2.75) is 31.8 Å². The molecule has 0 spiro atoms. The number of amides is 2. The van der Waals surface area contributed by atoms with Crippen LogP contribution in [0.2, 0.25) is 0 Å². The van der Waals surface area contributed by atoms with Crippen molar-refractivity contribution >= 4 is 11.8 Å². The molecule has 0 radical (unpaired) electrons. The molecule has 2 N–H and O–H groups in total. The van der Waals surface area contributed by atoms with Crippen LogP contribution in [0.3, 0.4) is 0 Å². The summed E-state index contributed by atoms with van der Waals surface area (Å²) in [6.45, 7) is 4.75. The van der Waals surface area contributed by atoms with Gasteiger partial charge in [-0.15, -0.1) is 0 Å². The van der Waals surface area contributed by atoms with Gasteiger partial charge in [-0.25, -0.2) is 0 Å². The molecule has 1 atom stereocenters. The molecule has 2 heterocycles. The van der Waals surface area contributed by atoms with E-state index in [1.807, 2.05) is 6.92 Å². The molecule has 2 fully saturated rings. The van der Waals surface area contributed by atoms with E-state index >= 15 is 0 Å². The van der Waals surface area contributed by atoms with Gasteiger partial charge in [-0.3, -0.25) is 9.59 Å². The van der Waals surface area contributed by atoms with Crippen LogP contribution in [0.25, 0.3) is 0 Å². The molecule has 2 aliphatic heterocycles. The highest BCUT2D eigenvalue weighted by molar-refractivity contribution is 5.87. The van der Waals surface area contributed by atoms with Crippen molar-refractivity contribution in [3.05, 3.63) is 0 Å².